The number of nitrogens with zero attached hydrogens (tertiary/aromatic N) is 1. The molecule has 1 rings (SSSR count). The average molecular weight is 277 g/mol. The molecule has 0 saturated heterocycles. The van der Waals surface area contributed by atoms with Crippen LogP contribution in [0.15, 0.2) is 30.3 Å². The standard InChI is InChI=1S/C16H27N3O/c1-4-5-9-12-19(3)13-16(18-2,15(17)20)14-10-7-6-8-11-14/h6-8,10-11,18H,4-5,9,12-13H2,1-3H3,(H2,17,20). The highest BCUT2D eigenvalue weighted by Gasteiger charge is 2.37. The van der Waals surface area contributed by atoms with Crippen LogP contribution in [0.1, 0.15) is 31.7 Å². The van der Waals surface area contributed by atoms with E-state index in [0.29, 0.717) is 6.54 Å². The number of hydrogen-bond acceptors (Lipinski definition) is 3. The number of hydrogen-bond donors (Lipinski definition) is 2. The van der Waals surface area contributed by atoms with Crippen LogP contribution in [0.5, 0.6) is 0 Å². The number of rotatable bonds is 9. The number of amides is 1. The molecule has 20 heavy (non-hydrogen) atoms. The zero-order chi connectivity index (χ0) is 15.0. The Labute approximate surface area is 122 Å². The van der Waals surface area contributed by atoms with Gasteiger partial charge in [0.2, 0.25) is 5.91 Å². The van der Waals surface area contributed by atoms with Gasteiger partial charge in [-0.3, -0.25) is 4.79 Å². The highest BCUT2D eigenvalue weighted by atomic mass is 16.1. The second-order valence-electron chi connectivity index (χ2n) is 5.33. The third-order valence-corrected chi connectivity index (χ3v) is 3.76. The number of benzene rings is 1. The minimum atomic E-state index is -0.831. The van der Waals surface area contributed by atoms with Crippen molar-refractivity contribution in [2.45, 2.75) is 31.7 Å². The van der Waals surface area contributed by atoms with Gasteiger partial charge in [-0.2, -0.15) is 0 Å². The summed E-state index contributed by atoms with van der Waals surface area (Å²) < 4.78 is 0. The van der Waals surface area contributed by atoms with E-state index in [-0.39, 0.29) is 5.91 Å². The van der Waals surface area contributed by atoms with Crippen LogP contribution in [0.3, 0.4) is 0 Å². The van der Waals surface area contributed by atoms with E-state index in [0.717, 1.165) is 18.5 Å². The second kappa shape index (κ2) is 8.02. The zero-order valence-electron chi connectivity index (χ0n) is 12.9. The molecule has 0 aromatic heterocycles. The van der Waals surface area contributed by atoms with E-state index in [2.05, 4.69) is 17.1 Å². The van der Waals surface area contributed by atoms with Gasteiger partial charge in [-0.15, -0.1) is 0 Å². The molecule has 0 aliphatic carbocycles. The Bertz CT molecular complexity index is 407. The molecule has 0 aliphatic heterocycles. The molecule has 0 saturated carbocycles. The Kier molecular flexibility index (Phi) is 6.68. The largest absolute Gasteiger partial charge is 0.368 e. The lowest BCUT2D eigenvalue weighted by Crippen LogP contribution is -2.57. The van der Waals surface area contributed by atoms with Gasteiger partial charge < -0.3 is 16.0 Å². The lowest BCUT2D eigenvalue weighted by Gasteiger charge is -2.34. The number of nitrogens with two attached hydrogens (primary N) is 1. The molecule has 1 amide bonds. The van der Waals surface area contributed by atoms with Gasteiger partial charge in [0.1, 0.15) is 5.54 Å². The summed E-state index contributed by atoms with van der Waals surface area (Å²) in [5.41, 5.74) is 5.77. The summed E-state index contributed by atoms with van der Waals surface area (Å²) in [5.74, 6) is -0.339. The molecular formula is C16H27N3O. The molecule has 1 atom stereocenters. The van der Waals surface area contributed by atoms with Crippen LogP contribution in [0.2, 0.25) is 0 Å². The van der Waals surface area contributed by atoms with Crippen molar-refractivity contribution in [3.63, 3.8) is 0 Å². The number of unbranched alkanes of at least 4 members (excludes halogenated alkanes) is 2. The monoisotopic (exact) mass is 277 g/mol. The fraction of sp³-hybridized carbons (Fsp3) is 0.562. The molecule has 4 nitrogen and oxygen atoms in total. The summed E-state index contributed by atoms with van der Waals surface area (Å²) in [7, 11) is 3.82. The van der Waals surface area contributed by atoms with Crippen molar-refractivity contribution in [3.05, 3.63) is 35.9 Å². The molecule has 3 N–H and O–H groups in total. The van der Waals surface area contributed by atoms with Gasteiger partial charge in [0.25, 0.3) is 0 Å². The third-order valence-electron chi connectivity index (χ3n) is 3.76. The van der Waals surface area contributed by atoms with Gasteiger partial charge in [-0.05, 0) is 32.6 Å². The van der Waals surface area contributed by atoms with Gasteiger partial charge in [0.05, 0.1) is 0 Å². The summed E-state index contributed by atoms with van der Waals surface area (Å²) in [6.07, 6.45) is 3.54. The van der Waals surface area contributed by atoms with Crippen LogP contribution < -0.4 is 11.1 Å². The van der Waals surface area contributed by atoms with Crippen molar-refractivity contribution in [3.8, 4) is 0 Å². The van der Waals surface area contributed by atoms with E-state index in [1.165, 1.54) is 12.8 Å². The van der Waals surface area contributed by atoms with Crippen LogP contribution in [-0.2, 0) is 10.3 Å². The lowest BCUT2D eigenvalue weighted by atomic mass is 9.88. The Morgan fingerprint density at radius 1 is 1.30 bits per heavy atom. The fourth-order valence-electron chi connectivity index (χ4n) is 2.50. The number of carbonyl (C=O) groups is 1. The van der Waals surface area contributed by atoms with Crippen LogP contribution >= 0.6 is 0 Å². The van der Waals surface area contributed by atoms with Crippen LogP contribution in [0, 0.1) is 0 Å². The number of primary amides is 1. The Morgan fingerprint density at radius 2 is 1.95 bits per heavy atom. The minimum Gasteiger partial charge on any atom is -0.368 e. The molecule has 0 aliphatic rings. The second-order valence-corrected chi connectivity index (χ2v) is 5.33. The Hall–Kier alpha value is -1.39. The molecule has 4 heteroatoms. The maximum atomic E-state index is 12.1. The number of nitrogens with one attached hydrogen (secondary N) is 1. The SMILES string of the molecule is CCCCCN(C)CC(NC)(C(N)=O)c1ccccc1. The zero-order valence-corrected chi connectivity index (χ0v) is 12.9. The van der Waals surface area contributed by atoms with Crippen molar-refractivity contribution < 1.29 is 4.79 Å². The first-order valence-corrected chi connectivity index (χ1v) is 7.29. The van der Waals surface area contributed by atoms with Crippen molar-refractivity contribution in [1.82, 2.24) is 10.2 Å². The topological polar surface area (TPSA) is 58.4 Å². The van der Waals surface area contributed by atoms with Gasteiger partial charge in [-0.25, -0.2) is 0 Å². The van der Waals surface area contributed by atoms with Crippen molar-refractivity contribution in [2.75, 3.05) is 27.2 Å². The Morgan fingerprint density at radius 3 is 2.45 bits per heavy atom. The Balaban J connectivity index is 2.87. The minimum absolute atomic E-state index is 0.339. The first-order valence-electron chi connectivity index (χ1n) is 7.29. The maximum absolute atomic E-state index is 12.1. The van der Waals surface area contributed by atoms with Gasteiger partial charge in [0, 0.05) is 6.54 Å². The van der Waals surface area contributed by atoms with Crippen molar-refractivity contribution in [2.24, 2.45) is 5.73 Å². The first-order chi connectivity index (χ1) is 9.56. The molecular weight excluding hydrogens is 250 g/mol. The summed E-state index contributed by atoms with van der Waals surface area (Å²) >= 11 is 0. The molecule has 112 valence electrons. The maximum Gasteiger partial charge on any atom is 0.243 e. The molecule has 0 spiro atoms. The van der Waals surface area contributed by atoms with E-state index < -0.39 is 5.54 Å². The smallest absolute Gasteiger partial charge is 0.243 e. The summed E-state index contributed by atoms with van der Waals surface area (Å²) in [4.78, 5) is 14.2. The fourth-order valence-corrected chi connectivity index (χ4v) is 2.50. The normalized spacial score (nSPS) is 14.2. The van der Waals surface area contributed by atoms with Crippen LogP contribution in [-0.4, -0.2) is 38.0 Å². The average Bonchev–Trinajstić information content (AvgIpc) is 2.45. The summed E-state index contributed by atoms with van der Waals surface area (Å²) in [6.45, 7) is 3.73. The highest BCUT2D eigenvalue weighted by Crippen LogP contribution is 2.21. The predicted molar refractivity (Wildman–Crippen MR) is 83.4 cm³/mol. The quantitative estimate of drug-likeness (QED) is 0.676. The van der Waals surface area contributed by atoms with Crippen LogP contribution in [0.25, 0.3) is 0 Å². The highest BCUT2D eigenvalue weighted by molar-refractivity contribution is 5.86. The van der Waals surface area contributed by atoms with E-state index in [4.69, 9.17) is 5.73 Å². The van der Waals surface area contributed by atoms with Gasteiger partial charge in [-0.1, -0.05) is 50.1 Å². The van der Waals surface area contributed by atoms with Crippen molar-refractivity contribution >= 4 is 5.91 Å². The van der Waals surface area contributed by atoms with E-state index in [1.807, 2.05) is 37.4 Å². The lowest BCUT2D eigenvalue weighted by molar-refractivity contribution is -0.125. The van der Waals surface area contributed by atoms with Crippen LogP contribution in [0.4, 0.5) is 0 Å². The third kappa shape index (κ3) is 4.05. The number of likely N-dealkylation sites (N-methyl/N-ethyl adjacent to an activating group) is 2. The molecule has 1 unspecified atom stereocenters. The summed E-state index contributed by atoms with van der Waals surface area (Å²) in [5, 5.41) is 3.14. The van der Waals surface area contributed by atoms with E-state index in [1.54, 1.807) is 7.05 Å². The predicted octanol–water partition coefficient (Wildman–Crippen LogP) is 1.71. The van der Waals surface area contributed by atoms with E-state index >= 15 is 0 Å². The van der Waals surface area contributed by atoms with Gasteiger partial charge >= 0.3 is 0 Å². The molecule has 0 heterocycles. The van der Waals surface area contributed by atoms with Crippen molar-refractivity contribution in [1.29, 1.82) is 0 Å². The number of carbonyl (C=O) groups excluding carboxylic acids is 1. The van der Waals surface area contributed by atoms with Gasteiger partial charge in [0.15, 0.2) is 0 Å². The summed E-state index contributed by atoms with van der Waals surface area (Å²) in [6, 6.07) is 9.70. The molecule has 0 bridgehead atoms. The first kappa shape index (κ1) is 16.7. The molecule has 1 aromatic rings. The molecule has 0 radical (unpaired) electrons. The molecule has 1 aromatic carbocycles. The molecule has 0 fully saturated rings. The van der Waals surface area contributed by atoms with E-state index in [9.17, 15) is 4.79 Å².